The summed E-state index contributed by atoms with van der Waals surface area (Å²) in [7, 11) is 0. The number of aliphatic hydroxyl groups excluding tert-OH is 1. The molecule has 21 heavy (non-hydrogen) atoms. The molecule has 1 aromatic heterocycles. The standard InChI is InChI=1S/C17H22N2O2/c1-3-5-6-16-12-14(13-20)18-19(16)15-7-9-17(10-8-15)21-11-4-2/h4,7-10,12,20H,2-3,5-6,11,13H2,1H3. The van der Waals surface area contributed by atoms with E-state index in [4.69, 9.17) is 4.74 Å². The fourth-order valence-corrected chi connectivity index (χ4v) is 2.15. The molecule has 1 heterocycles. The molecule has 0 bridgehead atoms. The fourth-order valence-electron chi connectivity index (χ4n) is 2.15. The number of aryl methyl sites for hydroxylation is 1. The fraction of sp³-hybridized carbons (Fsp3) is 0.353. The lowest BCUT2D eigenvalue weighted by Gasteiger charge is -2.08. The summed E-state index contributed by atoms with van der Waals surface area (Å²) >= 11 is 0. The highest BCUT2D eigenvalue weighted by Crippen LogP contribution is 2.19. The molecule has 112 valence electrons. The van der Waals surface area contributed by atoms with E-state index < -0.39 is 0 Å². The van der Waals surface area contributed by atoms with Crippen LogP contribution in [0.3, 0.4) is 0 Å². The summed E-state index contributed by atoms with van der Waals surface area (Å²) in [6, 6.07) is 9.76. The first kappa shape index (κ1) is 15.3. The van der Waals surface area contributed by atoms with Gasteiger partial charge >= 0.3 is 0 Å². The highest BCUT2D eigenvalue weighted by Gasteiger charge is 2.09. The summed E-state index contributed by atoms with van der Waals surface area (Å²) in [5.41, 5.74) is 2.81. The maximum Gasteiger partial charge on any atom is 0.119 e. The zero-order valence-corrected chi connectivity index (χ0v) is 12.5. The van der Waals surface area contributed by atoms with Gasteiger partial charge in [0.1, 0.15) is 12.4 Å². The molecule has 0 aliphatic heterocycles. The van der Waals surface area contributed by atoms with E-state index in [0.29, 0.717) is 12.3 Å². The van der Waals surface area contributed by atoms with Crippen LogP contribution in [0.1, 0.15) is 31.2 Å². The van der Waals surface area contributed by atoms with Crippen LogP contribution in [0.25, 0.3) is 5.69 Å². The van der Waals surface area contributed by atoms with E-state index in [1.54, 1.807) is 6.08 Å². The van der Waals surface area contributed by atoms with Crippen molar-refractivity contribution < 1.29 is 9.84 Å². The second-order valence-corrected chi connectivity index (χ2v) is 4.89. The molecular weight excluding hydrogens is 264 g/mol. The maximum absolute atomic E-state index is 9.28. The SMILES string of the molecule is C=CCOc1ccc(-n2nc(CO)cc2CCCC)cc1. The minimum Gasteiger partial charge on any atom is -0.490 e. The molecule has 0 saturated heterocycles. The van der Waals surface area contributed by atoms with E-state index in [-0.39, 0.29) is 6.61 Å². The van der Waals surface area contributed by atoms with Crippen molar-refractivity contribution in [3.05, 3.63) is 54.4 Å². The Morgan fingerprint density at radius 3 is 2.71 bits per heavy atom. The van der Waals surface area contributed by atoms with Crippen LogP contribution in [0.15, 0.2) is 43.0 Å². The molecule has 1 aromatic carbocycles. The van der Waals surface area contributed by atoms with Gasteiger partial charge in [0.05, 0.1) is 18.0 Å². The van der Waals surface area contributed by atoms with Crippen molar-refractivity contribution in [1.29, 1.82) is 0 Å². The van der Waals surface area contributed by atoms with E-state index >= 15 is 0 Å². The number of aromatic nitrogens is 2. The topological polar surface area (TPSA) is 47.3 Å². The zero-order valence-electron chi connectivity index (χ0n) is 12.5. The van der Waals surface area contributed by atoms with Crippen LogP contribution in [0.2, 0.25) is 0 Å². The van der Waals surface area contributed by atoms with Crippen molar-refractivity contribution in [3.63, 3.8) is 0 Å². The quantitative estimate of drug-likeness (QED) is 0.758. The van der Waals surface area contributed by atoms with Crippen LogP contribution < -0.4 is 4.74 Å². The van der Waals surface area contributed by atoms with Crippen LogP contribution in [0.5, 0.6) is 5.75 Å². The molecule has 1 N–H and O–H groups in total. The number of hydrogen-bond acceptors (Lipinski definition) is 3. The summed E-state index contributed by atoms with van der Waals surface area (Å²) in [5, 5.41) is 13.7. The monoisotopic (exact) mass is 286 g/mol. The van der Waals surface area contributed by atoms with Gasteiger partial charge in [-0.2, -0.15) is 5.10 Å². The third-order valence-electron chi connectivity index (χ3n) is 3.23. The molecule has 0 aliphatic carbocycles. The largest absolute Gasteiger partial charge is 0.490 e. The lowest BCUT2D eigenvalue weighted by atomic mass is 10.2. The molecule has 0 atom stereocenters. The molecule has 4 nitrogen and oxygen atoms in total. The predicted octanol–water partition coefficient (Wildman–Crippen LogP) is 3.27. The lowest BCUT2D eigenvalue weighted by Crippen LogP contribution is -2.03. The van der Waals surface area contributed by atoms with Crippen LogP contribution in [-0.2, 0) is 13.0 Å². The van der Waals surface area contributed by atoms with Gasteiger partial charge in [0.25, 0.3) is 0 Å². The molecular formula is C17H22N2O2. The van der Waals surface area contributed by atoms with Gasteiger partial charge in [0.15, 0.2) is 0 Å². The van der Waals surface area contributed by atoms with Crippen molar-refractivity contribution >= 4 is 0 Å². The summed E-state index contributed by atoms with van der Waals surface area (Å²) in [6.45, 7) is 6.26. The molecule has 2 aromatic rings. The Morgan fingerprint density at radius 2 is 2.10 bits per heavy atom. The Balaban J connectivity index is 2.23. The van der Waals surface area contributed by atoms with Gasteiger partial charge in [-0.1, -0.05) is 26.0 Å². The first-order valence-electron chi connectivity index (χ1n) is 7.31. The normalized spacial score (nSPS) is 10.6. The highest BCUT2D eigenvalue weighted by atomic mass is 16.5. The molecule has 2 rings (SSSR count). The van der Waals surface area contributed by atoms with Gasteiger partial charge in [-0.15, -0.1) is 0 Å². The van der Waals surface area contributed by atoms with Gasteiger partial charge in [-0.05, 0) is 43.2 Å². The Hall–Kier alpha value is -2.07. The number of hydrogen-bond donors (Lipinski definition) is 1. The summed E-state index contributed by atoms with van der Waals surface area (Å²) < 4.78 is 7.38. The van der Waals surface area contributed by atoms with Gasteiger partial charge in [-0.25, -0.2) is 4.68 Å². The van der Waals surface area contributed by atoms with Crippen molar-refractivity contribution in [2.24, 2.45) is 0 Å². The summed E-state index contributed by atoms with van der Waals surface area (Å²) in [6.07, 6.45) is 4.92. The molecule has 0 amide bonds. The zero-order chi connectivity index (χ0) is 15.1. The number of rotatable bonds is 8. The third kappa shape index (κ3) is 3.95. The van der Waals surface area contributed by atoms with Crippen molar-refractivity contribution in [1.82, 2.24) is 9.78 Å². The summed E-state index contributed by atoms with van der Waals surface area (Å²) in [4.78, 5) is 0. The van der Waals surface area contributed by atoms with Crippen LogP contribution in [0, 0.1) is 0 Å². The molecule has 0 aliphatic rings. The first-order chi connectivity index (χ1) is 10.3. The predicted molar refractivity (Wildman–Crippen MR) is 83.8 cm³/mol. The number of benzene rings is 1. The molecule has 0 unspecified atom stereocenters. The average molecular weight is 286 g/mol. The van der Waals surface area contributed by atoms with Crippen molar-refractivity contribution in [2.75, 3.05) is 6.61 Å². The van der Waals surface area contributed by atoms with Crippen molar-refractivity contribution in [3.8, 4) is 11.4 Å². The van der Waals surface area contributed by atoms with Crippen LogP contribution in [0.4, 0.5) is 0 Å². The first-order valence-corrected chi connectivity index (χ1v) is 7.31. The molecule has 0 spiro atoms. The number of nitrogens with zero attached hydrogens (tertiary/aromatic N) is 2. The minimum absolute atomic E-state index is 0.0351. The lowest BCUT2D eigenvalue weighted by molar-refractivity contribution is 0.276. The van der Waals surface area contributed by atoms with Gasteiger partial charge < -0.3 is 9.84 Å². The van der Waals surface area contributed by atoms with E-state index in [9.17, 15) is 5.11 Å². The Bertz CT molecular complexity index is 573. The third-order valence-corrected chi connectivity index (χ3v) is 3.23. The molecule has 4 heteroatoms. The Kier molecular flexibility index (Phi) is 5.58. The number of unbranched alkanes of at least 4 members (excludes halogenated alkanes) is 1. The number of aliphatic hydroxyl groups is 1. The van der Waals surface area contributed by atoms with Crippen molar-refractivity contribution in [2.45, 2.75) is 32.8 Å². The molecule has 0 saturated carbocycles. The summed E-state index contributed by atoms with van der Waals surface area (Å²) in [5.74, 6) is 0.809. The molecule has 0 fully saturated rings. The van der Waals surface area contributed by atoms with Crippen LogP contribution in [-0.4, -0.2) is 21.5 Å². The Morgan fingerprint density at radius 1 is 1.33 bits per heavy atom. The highest BCUT2D eigenvalue weighted by molar-refractivity contribution is 5.38. The minimum atomic E-state index is -0.0351. The Labute approximate surface area is 125 Å². The van der Waals surface area contributed by atoms with E-state index in [1.165, 1.54) is 0 Å². The van der Waals surface area contributed by atoms with E-state index in [0.717, 1.165) is 36.4 Å². The van der Waals surface area contributed by atoms with Gasteiger partial charge in [-0.3, -0.25) is 0 Å². The second-order valence-electron chi connectivity index (χ2n) is 4.89. The second kappa shape index (κ2) is 7.64. The average Bonchev–Trinajstić information content (AvgIpc) is 2.94. The number of ether oxygens (including phenoxy) is 1. The van der Waals surface area contributed by atoms with Gasteiger partial charge in [0.2, 0.25) is 0 Å². The van der Waals surface area contributed by atoms with Gasteiger partial charge in [0, 0.05) is 5.69 Å². The maximum atomic E-state index is 9.28. The van der Waals surface area contributed by atoms with E-state index in [1.807, 2.05) is 35.0 Å². The van der Waals surface area contributed by atoms with E-state index in [2.05, 4.69) is 18.6 Å². The smallest absolute Gasteiger partial charge is 0.119 e. The molecule has 0 radical (unpaired) electrons. The van der Waals surface area contributed by atoms with Crippen LogP contribution >= 0.6 is 0 Å².